The van der Waals surface area contributed by atoms with Crippen LogP contribution in [0.15, 0.2) is 41.9 Å². The summed E-state index contributed by atoms with van der Waals surface area (Å²) in [5.74, 6) is 0.109. The van der Waals surface area contributed by atoms with Gasteiger partial charge in [-0.3, -0.25) is 9.71 Å². The Morgan fingerprint density at radius 2 is 2.00 bits per heavy atom. The van der Waals surface area contributed by atoms with Gasteiger partial charge in [0.2, 0.25) is 0 Å². The molecular formula is C9H9N5O2S. The average Bonchev–Trinajstić information content (AvgIpc) is 2.30. The standard InChI is InChI=1S/C9H9N5O2S/c10-7-2-1-3-13-9(7)17(15,16)14-8-6-11-4-5-12-8/h1-6H,10H2,(H,12,14). The number of nitrogen functional groups attached to an aromatic ring is 1. The van der Waals surface area contributed by atoms with E-state index in [4.69, 9.17) is 5.73 Å². The van der Waals surface area contributed by atoms with Crippen LogP contribution in [-0.4, -0.2) is 23.4 Å². The molecule has 0 aromatic carbocycles. The SMILES string of the molecule is Nc1cccnc1S(=O)(=O)Nc1cnccn1. The molecule has 0 spiro atoms. The molecule has 0 radical (unpaired) electrons. The Balaban J connectivity index is 2.36. The topological polar surface area (TPSA) is 111 Å². The van der Waals surface area contributed by atoms with Gasteiger partial charge in [-0.15, -0.1) is 0 Å². The summed E-state index contributed by atoms with van der Waals surface area (Å²) in [6.07, 6.45) is 5.45. The van der Waals surface area contributed by atoms with Gasteiger partial charge in [0.05, 0.1) is 11.9 Å². The van der Waals surface area contributed by atoms with Crippen molar-refractivity contribution in [2.24, 2.45) is 0 Å². The van der Waals surface area contributed by atoms with E-state index in [1.165, 1.54) is 30.9 Å². The number of hydrogen-bond donors (Lipinski definition) is 2. The van der Waals surface area contributed by atoms with Gasteiger partial charge in [-0.05, 0) is 12.1 Å². The predicted octanol–water partition coefficient (Wildman–Crippen LogP) is 0.255. The minimum Gasteiger partial charge on any atom is -0.396 e. The lowest BCUT2D eigenvalue weighted by atomic mass is 10.4. The van der Waals surface area contributed by atoms with Crippen molar-refractivity contribution in [3.8, 4) is 0 Å². The van der Waals surface area contributed by atoms with Crippen LogP contribution >= 0.6 is 0 Å². The number of rotatable bonds is 3. The van der Waals surface area contributed by atoms with E-state index in [1.54, 1.807) is 6.07 Å². The van der Waals surface area contributed by atoms with Crippen LogP contribution < -0.4 is 10.5 Å². The average molecular weight is 251 g/mol. The summed E-state index contributed by atoms with van der Waals surface area (Å²) in [6, 6.07) is 3.01. The summed E-state index contributed by atoms with van der Waals surface area (Å²) >= 11 is 0. The fourth-order valence-corrected chi connectivity index (χ4v) is 2.22. The summed E-state index contributed by atoms with van der Waals surface area (Å²) in [6.45, 7) is 0. The van der Waals surface area contributed by atoms with Crippen molar-refractivity contribution in [3.05, 3.63) is 36.9 Å². The number of pyridine rings is 1. The monoisotopic (exact) mass is 251 g/mol. The zero-order chi connectivity index (χ0) is 12.3. The van der Waals surface area contributed by atoms with E-state index in [-0.39, 0.29) is 16.5 Å². The molecule has 0 aliphatic heterocycles. The normalized spacial score (nSPS) is 11.1. The third kappa shape index (κ3) is 2.48. The van der Waals surface area contributed by atoms with E-state index in [0.717, 1.165) is 0 Å². The molecule has 0 saturated carbocycles. The highest BCUT2D eigenvalue weighted by molar-refractivity contribution is 7.92. The molecule has 0 fully saturated rings. The molecule has 7 nitrogen and oxygen atoms in total. The van der Waals surface area contributed by atoms with Crippen LogP contribution in [0.3, 0.4) is 0 Å². The van der Waals surface area contributed by atoms with E-state index in [2.05, 4.69) is 19.7 Å². The van der Waals surface area contributed by atoms with E-state index in [0.29, 0.717) is 0 Å². The maximum absolute atomic E-state index is 11.9. The zero-order valence-corrected chi connectivity index (χ0v) is 9.42. The minimum atomic E-state index is -3.83. The van der Waals surface area contributed by atoms with E-state index in [1.807, 2.05) is 0 Å². The highest BCUT2D eigenvalue weighted by atomic mass is 32.2. The fourth-order valence-electron chi connectivity index (χ4n) is 1.17. The van der Waals surface area contributed by atoms with Crippen molar-refractivity contribution in [2.75, 3.05) is 10.5 Å². The van der Waals surface area contributed by atoms with Crippen LogP contribution in [0.5, 0.6) is 0 Å². The van der Waals surface area contributed by atoms with Gasteiger partial charge >= 0.3 is 0 Å². The molecule has 2 aromatic rings. The van der Waals surface area contributed by atoms with Gasteiger partial charge in [-0.1, -0.05) is 0 Å². The molecule has 88 valence electrons. The molecule has 3 N–H and O–H groups in total. The van der Waals surface area contributed by atoms with Gasteiger partial charge in [-0.25, -0.2) is 9.97 Å². The van der Waals surface area contributed by atoms with Crippen molar-refractivity contribution < 1.29 is 8.42 Å². The molecule has 0 saturated heterocycles. The maximum Gasteiger partial charge on any atom is 0.282 e. The second-order valence-corrected chi connectivity index (χ2v) is 4.69. The van der Waals surface area contributed by atoms with Crippen molar-refractivity contribution in [1.29, 1.82) is 0 Å². The Labute approximate surface area is 97.8 Å². The van der Waals surface area contributed by atoms with E-state index in [9.17, 15) is 8.42 Å². The Bertz CT molecular complexity index is 614. The number of aromatic nitrogens is 3. The van der Waals surface area contributed by atoms with Gasteiger partial charge in [0, 0.05) is 18.6 Å². The van der Waals surface area contributed by atoms with Crippen LogP contribution in [0, 0.1) is 0 Å². The van der Waals surface area contributed by atoms with Crippen LogP contribution in [0.4, 0.5) is 11.5 Å². The van der Waals surface area contributed by atoms with E-state index < -0.39 is 10.0 Å². The van der Waals surface area contributed by atoms with Crippen LogP contribution in [-0.2, 0) is 10.0 Å². The second-order valence-electron chi connectivity index (χ2n) is 3.09. The zero-order valence-electron chi connectivity index (χ0n) is 8.61. The number of nitrogens with zero attached hydrogens (tertiary/aromatic N) is 3. The molecule has 0 aliphatic rings. The van der Waals surface area contributed by atoms with Gasteiger partial charge in [-0.2, -0.15) is 8.42 Å². The molecule has 0 bridgehead atoms. The molecular weight excluding hydrogens is 242 g/mol. The van der Waals surface area contributed by atoms with Crippen molar-refractivity contribution in [2.45, 2.75) is 5.03 Å². The first kappa shape index (κ1) is 11.3. The lowest BCUT2D eigenvalue weighted by Crippen LogP contribution is -2.17. The van der Waals surface area contributed by atoms with Crippen LogP contribution in [0.25, 0.3) is 0 Å². The lowest BCUT2D eigenvalue weighted by molar-refractivity contribution is 0.598. The Morgan fingerprint density at radius 3 is 2.65 bits per heavy atom. The molecule has 0 atom stereocenters. The molecule has 8 heteroatoms. The largest absolute Gasteiger partial charge is 0.396 e. The molecule has 17 heavy (non-hydrogen) atoms. The van der Waals surface area contributed by atoms with Crippen molar-refractivity contribution in [3.63, 3.8) is 0 Å². The summed E-state index contributed by atoms with van der Waals surface area (Å²) in [7, 11) is -3.83. The number of sulfonamides is 1. The molecule has 0 unspecified atom stereocenters. The quantitative estimate of drug-likeness (QED) is 0.809. The van der Waals surface area contributed by atoms with Crippen LogP contribution in [0.1, 0.15) is 0 Å². The summed E-state index contributed by atoms with van der Waals surface area (Å²) in [5.41, 5.74) is 5.62. The van der Waals surface area contributed by atoms with Crippen LogP contribution in [0.2, 0.25) is 0 Å². The summed E-state index contributed by atoms with van der Waals surface area (Å²) < 4.78 is 26.0. The van der Waals surface area contributed by atoms with Gasteiger partial charge in [0.1, 0.15) is 0 Å². The number of nitrogens with one attached hydrogen (secondary N) is 1. The Kier molecular flexibility index (Phi) is 2.88. The minimum absolute atomic E-state index is 0.0730. The Morgan fingerprint density at radius 1 is 1.18 bits per heavy atom. The molecule has 2 aromatic heterocycles. The summed E-state index contributed by atoms with van der Waals surface area (Å²) in [5, 5.41) is -0.231. The van der Waals surface area contributed by atoms with E-state index >= 15 is 0 Å². The molecule has 2 heterocycles. The lowest BCUT2D eigenvalue weighted by Gasteiger charge is -2.07. The number of anilines is 2. The predicted molar refractivity (Wildman–Crippen MR) is 61.5 cm³/mol. The maximum atomic E-state index is 11.9. The molecule has 0 aliphatic carbocycles. The first-order valence-electron chi connectivity index (χ1n) is 4.59. The third-order valence-corrected chi connectivity index (χ3v) is 3.19. The fraction of sp³-hybridized carbons (Fsp3) is 0. The molecule has 0 amide bonds. The first-order valence-corrected chi connectivity index (χ1v) is 6.07. The number of hydrogen-bond acceptors (Lipinski definition) is 6. The second kappa shape index (κ2) is 4.34. The Hall–Kier alpha value is -2.22. The molecule has 2 rings (SSSR count). The van der Waals surface area contributed by atoms with Crippen molar-refractivity contribution >= 4 is 21.5 Å². The smallest absolute Gasteiger partial charge is 0.282 e. The van der Waals surface area contributed by atoms with Gasteiger partial charge < -0.3 is 5.73 Å². The highest BCUT2D eigenvalue weighted by Gasteiger charge is 2.19. The highest BCUT2D eigenvalue weighted by Crippen LogP contribution is 2.16. The summed E-state index contributed by atoms with van der Waals surface area (Å²) in [4.78, 5) is 11.3. The van der Waals surface area contributed by atoms with Crippen molar-refractivity contribution in [1.82, 2.24) is 15.0 Å². The first-order chi connectivity index (χ1) is 8.09. The third-order valence-electron chi connectivity index (χ3n) is 1.86. The number of nitrogens with two attached hydrogens (primary N) is 1. The van der Waals surface area contributed by atoms with Gasteiger partial charge in [0.15, 0.2) is 10.8 Å². The van der Waals surface area contributed by atoms with Gasteiger partial charge in [0.25, 0.3) is 10.0 Å².